The number of ether oxygens (including phenoxy) is 2. The fourth-order valence-corrected chi connectivity index (χ4v) is 2.38. The van der Waals surface area contributed by atoms with E-state index < -0.39 is 9.84 Å². The van der Waals surface area contributed by atoms with Gasteiger partial charge < -0.3 is 19.7 Å². The number of nitrogens with zero attached hydrogens (tertiary/aromatic N) is 2. The van der Waals surface area contributed by atoms with Gasteiger partial charge in [-0.05, 0) is 19.1 Å². The minimum atomic E-state index is -3.01. The van der Waals surface area contributed by atoms with Crippen molar-refractivity contribution >= 4 is 15.8 Å². The zero-order chi connectivity index (χ0) is 19.4. The van der Waals surface area contributed by atoms with Crippen molar-refractivity contribution in [1.82, 2.24) is 10.2 Å². The molecule has 0 saturated carbocycles. The van der Waals surface area contributed by atoms with Crippen LogP contribution < -0.4 is 10.1 Å². The second-order valence-corrected chi connectivity index (χ2v) is 7.94. The molecule has 1 aromatic carbocycles. The van der Waals surface area contributed by atoms with Crippen LogP contribution in [0.3, 0.4) is 0 Å². The maximum Gasteiger partial charge on any atom is 0.193 e. The summed E-state index contributed by atoms with van der Waals surface area (Å²) in [5.74, 6) is 0.518. The number of hydrogen-bond acceptors (Lipinski definition) is 5. The summed E-state index contributed by atoms with van der Waals surface area (Å²) in [5.41, 5.74) is 0. The summed E-state index contributed by atoms with van der Waals surface area (Å²) in [4.78, 5) is 6.29. The lowest BCUT2D eigenvalue weighted by Crippen LogP contribution is -2.41. The van der Waals surface area contributed by atoms with Crippen molar-refractivity contribution in [3.8, 4) is 5.75 Å². The molecule has 0 amide bonds. The number of aliphatic imine (C=N–C) groups is 1. The van der Waals surface area contributed by atoms with E-state index >= 15 is 0 Å². The molecule has 0 fully saturated rings. The van der Waals surface area contributed by atoms with E-state index in [2.05, 4.69) is 10.3 Å². The summed E-state index contributed by atoms with van der Waals surface area (Å²) in [5, 5.41) is 3.15. The molecule has 7 nitrogen and oxygen atoms in total. The maximum absolute atomic E-state index is 13.5. The number of sulfone groups is 1. The molecule has 0 atom stereocenters. The molecule has 0 aliphatic rings. The van der Waals surface area contributed by atoms with Crippen molar-refractivity contribution in [2.24, 2.45) is 4.99 Å². The molecule has 1 rings (SSSR count). The molecule has 0 saturated heterocycles. The standard InChI is InChI=1S/C17H28FN3O4S/c1-4-19-17(20-9-11-24-13-14-26(3,22)23)21(2)10-12-25-16-8-6-5-7-15(16)18/h5-8H,4,9-14H2,1-3H3,(H,19,20). The SMILES string of the molecule is CCNC(=NCCOCCS(C)(=O)=O)N(C)CCOc1ccccc1F. The zero-order valence-corrected chi connectivity index (χ0v) is 16.4. The lowest BCUT2D eigenvalue weighted by Gasteiger charge is -2.22. The number of guanidine groups is 1. The Balaban J connectivity index is 2.37. The van der Waals surface area contributed by atoms with Gasteiger partial charge >= 0.3 is 0 Å². The predicted molar refractivity (Wildman–Crippen MR) is 101 cm³/mol. The van der Waals surface area contributed by atoms with Crippen LogP contribution >= 0.6 is 0 Å². The number of halogens is 1. The molecule has 148 valence electrons. The van der Waals surface area contributed by atoms with Gasteiger partial charge in [0.05, 0.1) is 32.1 Å². The smallest absolute Gasteiger partial charge is 0.193 e. The van der Waals surface area contributed by atoms with Gasteiger partial charge in [-0.2, -0.15) is 0 Å². The number of hydrogen-bond donors (Lipinski definition) is 1. The fourth-order valence-electron chi connectivity index (χ4n) is 1.96. The topological polar surface area (TPSA) is 80.2 Å². The first kappa shape index (κ1) is 22.2. The van der Waals surface area contributed by atoms with Gasteiger partial charge in [-0.3, -0.25) is 4.99 Å². The average Bonchev–Trinajstić information content (AvgIpc) is 2.57. The Bertz CT molecular complexity index is 668. The lowest BCUT2D eigenvalue weighted by molar-refractivity contribution is 0.157. The highest BCUT2D eigenvalue weighted by Gasteiger charge is 2.07. The number of rotatable bonds is 11. The third kappa shape index (κ3) is 9.57. The normalized spacial score (nSPS) is 12.1. The number of likely N-dealkylation sites (N-methyl/N-ethyl adjacent to an activating group) is 1. The van der Waals surface area contributed by atoms with Gasteiger partial charge in [-0.15, -0.1) is 0 Å². The minimum Gasteiger partial charge on any atom is -0.489 e. The molecule has 0 aliphatic heterocycles. The van der Waals surface area contributed by atoms with Crippen molar-refractivity contribution in [3.63, 3.8) is 0 Å². The second-order valence-electron chi connectivity index (χ2n) is 5.68. The number of nitrogens with one attached hydrogen (secondary N) is 1. The highest BCUT2D eigenvalue weighted by molar-refractivity contribution is 7.90. The molecule has 1 N–H and O–H groups in total. The molecule has 0 unspecified atom stereocenters. The summed E-state index contributed by atoms with van der Waals surface area (Å²) >= 11 is 0. The Labute approximate surface area is 155 Å². The van der Waals surface area contributed by atoms with Crippen LogP contribution in [0.2, 0.25) is 0 Å². The summed E-state index contributed by atoms with van der Waals surface area (Å²) in [7, 11) is -1.15. The van der Waals surface area contributed by atoms with Crippen LogP contribution in [0.4, 0.5) is 4.39 Å². The van der Waals surface area contributed by atoms with Crippen molar-refractivity contribution in [1.29, 1.82) is 0 Å². The Morgan fingerprint density at radius 3 is 2.65 bits per heavy atom. The van der Waals surface area contributed by atoms with Gasteiger partial charge in [-0.25, -0.2) is 12.8 Å². The van der Waals surface area contributed by atoms with E-state index in [9.17, 15) is 12.8 Å². The highest BCUT2D eigenvalue weighted by atomic mass is 32.2. The van der Waals surface area contributed by atoms with Crippen molar-refractivity contribution in [3.05, 3.63) is 30.1 Å². The van der Waals surface area contributed by atoms with E-state index in [0.717, 1.165) is 0 Å². The quantitative estimate of drug-likeness (QED) is 0.348. The van der Waals surface area contributed by atoms with Crippen LogP contribution in [0.5, 0.6) is 5.75 Å². The zero-order valence-electron chi connectivity index (χ0n) is 15.6. The van der Waals surface area contributed by atoms with E-state index in [-0.39, 0.29) is 23.9 Å². The second kappa shape index (κ2) is 11.7. The molecule has 0 radical (unpaired) electrons. The molecule has 1 aromatic rings. The first-order valence-electron chi connectivity index (χ1n) is 8.45. The third-order valence-electron chi connectivity index (χ3n) is 3.31. The summed E-state index contributed by atoms with van der Waals surface area (Å²) in [6.45, 7) is 4.40. The van der Waals surface area contributed by atoms with Gasteiger partial charge in [0.25, 0.3) is 0 Å². The molecule has 0 aliphatic carbocycles. The molecule has 0 spiro atoms. The van der Waals surface area contributed by atoms with Crippen LogP contribution in [0.15, 0.2) is 29.3 Å². The van der Waals surface area contributed by atoms with Crippen molar-refractivity contribution in [2.45, 2.75) is 6.92 Å². The molecular weight excluding hydrogens is 361 g/mol. The molecule has 0 aromatic heterocycles. The molecule has 9 heteroatoms. The third-order valence-corrected chi connectivity index (χ3v) is 4.22. The van der Waals surface area contributed by atoms with Gasteiger partial charge in [0, 0.05) is 19.8 Å². The Hall–Kier alpha value is -1.87. The van der Waals surface area contributed by atoms with Crippen molar-refractivity contribution in [2.75, 3.05) is 58.5 Å². The fraction of sp³-hybridized carbons (Fsp3) is 0.588. The first-order chi connectivity index (χ1) is 12.3. The predicted octanol–water partition coefficient (Wildman–Crippen LogP) is 1.16. The summed E-state index contributed by atoms with van der Waals surface area (Å²) in [6, 6.07) is 6.27. The van der Waals surface area contributed by atoms with Gasteiger partial charge in [0.15, 0.2) is 17.5 Å². The largest absolute Gasteiger partial charge is 0.489 e. The van der Waals surface area contributed by atoms with E-state index in [1.165, 1.54) is 12.3 Å². The van der Waals surface area contributed by atoms with E-state index in [1.54, 1.807) is 18.2 Å². The Kier molecular flexibility index (Phi) is 9.97. The minimum absolute atomic E-state index is 0.00404. The molecule has 0 heterocycles. The van der Waals surface area contributed by atoms with E-state index in [1.807, 2.05) is 18.9 Å². The van der Waals surface area contributed by atoms with Crippen LogP contribution in [-0.2, 0) is 14.6 Å². The van der Waals surface area contributed by atoms with Crippen molar-refractivity contribution < 1.29 is 22.3 Å². The van der Waals surface area contributed by atoms with Crippen LogP contribution in [0.1, 0.15) is 6.92 Å². The molecular formula is C17H28FN3O4S. The van der Waals surface area contributed by atoms with Gasteiger partial charge in [0.2, 0.25) is 0 Å². The van der Waals surface area contributed by atoms with E-state index in [4.69, 9.17) is 9.47 Å². The van der Waals surface area contributed by atoms with Crippen LogP contribution in [0, 0.1) is 5.82 Å². The van der Waals surface area contributed by atoms with Gasteiger partial charge in [-0.1, -0.05) is 12.1 Å². The van der Waals surface area contributed by atoms with Gasteiger partial charge in [0.1, 0.15) is 16.4 Å². The van der Waals surface area contributed by atoms with Crippen LogP contribution in [-0.4, -0.2) is 77.8 Å². The summed E-state index contributed by atoms with van der Waals surface area (Å²) in [6.07, 6.45) is 1.18. The number of para-hydroxylation sites is 1. The summed E-state index contributed by atoms with van der Waals surface area (Å²) < 4.78 is 46.2. The monoisotopic (exact) mass is 389 g/mol. The number of benzene rings is 1. The Morgan fingerprint density at radius 1 is 1.27 bits per heavy atom. The first-order valence-corrected chi connectivity index (χ1v) is 10.5. The molecule has 0 bridgehead atoms. The highest BCUT2D eigenvalue weighted by Crippen LogP contribution is 2.14. The van der Waals surface area contributed by atoms with E-state index in [0.29, 0.717) is 38.8 Å². The lowest BCUT2D eigenvalue weighted by atomic mass is 10.3. The van der Waals surface area contributed by atoms with Crippen LogP contribution in [0.25, 0.3) is 0 Å². The maximum atomic E-state index is 13.5. The molecule has 26 heavy (non-hydrogen) atoms. The Morgan fingerprint density at radius 2 is 2.00 bits per heavy atom. The average molecular weight is 389 g/mol.